The summed E-state index contributed by atoms with van der Waals surface area (Å²) in [6.45, 7) is 8.58. The van der Waals surface area contributed by atoms with Gasteiger partial charge in [-0.25, -0.2) is 0 Å². The Balaban J connectivity index is 1.64. The van der Waals surface area contributed by atoms with Crippen LogP contribution in [0.4, 0.5) is 0 Å². The van der Waals surface area contributed by atoms with Crippen LogP contribution in [0, 0.1) is 11.8 Å². The minimum atomic E-state index is 0.651. The van der Waals surface area contributed by atoms with E-state index in [0.717, 1.165) is 44.2 Å². The Labute approximate surface area is 131 Å². The highest BCUT2D eigenvalue weighted by Gasteiger charge is 2.31. The number of hydrogen-bond acceptors (Lipinski definition) is 3. The van der Waals surface area contributed by atoms with E-state index in [-0.39, 0.29) is 0 Å². The van der Waals surface area contributed by atoms with E-state index in [4.69, 9.17) is 4.74 Å². The van der Waals surface area contributed by atoms with Crippen LogP contribution in [-0.2, 0) is 4.74 Å². The van der Waals surface area contributed by atoms with E-state index in [0.29, 0.717) is 5.92 Å². The number of rotatable bonds is 8. The largest absolute Gasteiger partial charge is 0.381 e. The summed E-state index contributed by atoms with van der Waals surface area (Å²) in [4.78, 5) is 0. The van der Waals surface area contributed by atoms with Crippen LogP contribution in [0.25, 0.3) is 0 Å². The van der Waals surface area contributed by atoms with Crippen molar-refractivity contribution in [3.8, 4) is 0 Å². The van der Waals surface area contributed by atoms with Gasteiger partial charge >= 0.3 is 0 Å². The summed E-state index contributed by atoms with van der Waals surface area (Å²) in [7, 11) is 0. The second-order valence-electron chi connectivity index (χ2n) is 7.39. The summed E-state index contributed by atoms with van der Waals surface area (Å²) in [6.07, 6.45) is 10.9. The molecule has 0 radical (unpaired) electrons. The second kappa shape index (κ2) is 9.81. The molecule has 3 nitrogen and oxygen atoms in total. The maximum Gasteiger partial charge on any atom is 0.0489 e. The van der Waals surface area contributed by atoms with E-state index in [9.17, 15) is 0 Å². The molecule has 1 saturated heterocycles. The predicted molar refractivity (Wildman–Crippen MR) is 89.7 cm³/mol. The van der Waals surface area contributed by atoms with Crippen molar-refractivity contribution in [2.45, 2.75) is 77.3 Å². The highest BCUT2D eigenvalue weighted by Crippen LogP contribution is 2.30. The van der Waals surface area contributed by atoms with Crippen LogP contribution in [0.5, 0.6) is 0 Å². The molecule has 3 unspecified atom stereocenters. The molecule has 0 bridgehead atoms. The lowest BCUT2D eigenvalue weighted by molar-refractivity contribution is 0.105. The first-order valence-electron chi connectivity index (χ1n) is 9.32. The van der Waals surface area contributed by atoms with Crippen molar-refractivity contribution in [2.75, 3.05) is 26.3 Å². The van der Waals surface area contributed by atoms with Gasteiger partial charge in [-0.3, -0.25) is 0 Å². The first kappa shape index (κ1) is 17.2. The molecule has 0 aromatic carbocycles. The second-order valence-corrected chi connectivity index (χ2v) is 7.39. The maximum absolute atomic E-state index is 5.68. The molecule has 2 fully saturated rings. The average molecular weight is 296 g/mol. The maximum atomic E-state index is 5.68. The fraction of sp³-hybridized carbons (Fsp3) is 1.00. The quantitative estimate of drug-likeness (QED) is 0.674. The normalized spacial score (nSPS) is 30.7. The van der Waals surface area contributed by atoms with Crippen molar-refractivity contribution in [2.24, 2.45) is 11.8 Å². The minimum Gasteiger partial charge on any atom is -0.381 e. The van der Waals surface area contributed by atoms with Crippen LogP contribution in [-0.4, -0.2) is 38.4 Å². The Hall–Kier alpha value is -0.120. The van der Waals surface area contributed by atoms with Crippen LogP contribution >= 0.6 is 0 Å². The third-order valence-electron chi connectivity index (χ3n) is 5.01. The molecule has 1 aliphatic heterocycles. The van der Waals surface area contributed by atoms with Crippen LogP contribution in [0.2, 0.25) is 0 Å². The summed E-state index contributed by atoms with van der Waals surface area (Å²) in [5.41, 5.74) is 0. The molecule has 2 aliphatic rings. The number of piperidine rings is 1. The van der Waals surface area contributed by atoms with Crippen molar-refractivity contribution < 1.29 is 4.74 Å². The van der Waals surface area contributed by atoms with Gasteiger partial charge in [-0.2, -0.15) is 0 Å². The first-order chi connectivity index (χ1) is 10.3. The van der Waals surface area contributed by atoms with Gasteiger partial charge in [-0.05, 0) is 57.0 Å². The number of ether oxygens (including phenoxy) is 1. The standard InChI is InChI=1S/C18H36N2O/c1-15(2)14-21-13-7-12-20-17-9-4-3-8-16(17)18-10-5-6-11-19-18/h15-20H,3-14H2,1-2H3. The third kappa shape index (κ3) is 6.25. The van der Waals surface area contributed by atoms with Gasteiger partial charge in [-0.15, -0.1) is 0 Å². The Kier molecular flexibility index (Phi) is 8.05. The van der Waals surface area contributed by atoms with E-state index in [1.807, 2.05) is 0 Å². The van der Waals surface area contributed by atoms with E-state index in [2.05, 4.69) is 24.5 Å². The molecule has 1 aliphatic carbocycles. The van der Waals surface area contributed by atoms with Gasteiger partial charge in [0.05, 0.1) is 0 Å². The van der Waals surface area contributed by atoms with Crippen molar-refractivity contribution in [1.29, 1.82) is 0 Å². The third-order valence-corrected chi connectivity index (χ3v) is 5.01. The van der Waals surface area contributed by atoms with E-state index < -0.39 is 0 Å². The summed E-state index contributed by atoms with van der Waals surface area (Å²) >= 11 is 0. The molecule has 2 N–H and O–H groups in total. The molecule has 21 heavy (non-hydrogen) atoms. The monoisotopic (exact) mass is 296 g/mol. The van der Waals surface area contributed by atoms with E-state index in [1.165, 1.54) is 51.5 Å². The van der Waals surface area contributed by atoms with Crippen molar-refractivity contribution in [1.82, 2.24) is 10.6 Å². The van der Waals surface area contributed by atoms with Crippen molar-refractivity contribution in [3.05, 3.63) is 0 Å². The molecule has 3 atom stereocenters. The lowest BCUT2D eigenvalue weighted by atomic mass is 9.77. The average Bonchev–Trinajstić information content (AvgIpc) is 2.52. The lowest BCUT2D eigenvalue weighted by Crippen LogP contribution is -2.50. The fourth-order valence-corrected chi connectivity index (χ4v) is 3.92. The van der Waals surface area contributed by atoms with Gasteiger partial charge < -0.3 is 15.4 Å². The molecule has 0 aromatic rings. The fourth-order valence-electron chi connectivity index (χ4n) is 3.92. The summed E-state index contributed by atoms with van der Waals surface area (Å²) < 4.78 is 5.68. The minimum absolute atomic E-state index is 0.651. The lowest BCUT2D eigenvalue weighted by Gasteiger charge is -2.40. The molecular weight excluding hydrogens is 260 g/mol. The van der Waals surface area contributed by atoms with Crippen LogP contribution in [0.3, 0.4) is 0 Å². The first-order valence-corrected chi connectivity index (χ1v) is 9.32. The SMILES string of the molecule is CC(C)COCCCNC1CCCCC1C1CCCCN1. The zero-order valence-electron chi connectivity index (χ0n) is 14.2. The summed E-state index contributed by atoms with van der Waals surface area (Å²) in [5.74, 6) is 1.51. The van der Waals surface area contributed by atoms with Crippen molar-refractivity contribution in [3.63, 3.8) is 0 Å². The molecule has 0 aromatic heterocycles. The molecular formula is C18H36N2O. The van der Waals surface area contributed by atoms with Gasteiger partial charge in [0.25, 0.3) is 0 Å². The van der Waals surface area contributed by atoms with Gasteiger partial charge in [-0.1, -0.05) is 33.1 Å². The van der Waals surface area contributed by atoms with Gasteiger partial charge in [0.15, 0.2) is 0 Å². The Morgan fingerprint density at radius 3 is 2.67 bits per heavy atom. The van der Waals surface area contributed by atoms with Crippen LogP contribution < -0.4 is 10.6 Å². The highest BCUT2D eigenvalue weighted by atomic mass is 16.5. The van der Waals surface area contributed by atoms with E-state index >= 15 is 0 Å². The Morgan fingerprint density at radius 1 is 1.10 bits per heavy atom. The number of nitrogens with one attached hydrogen (secondary N) is 2. The number of hydrogen-bond donors (Lipinski definition) is 2. The van der Waals surface area contributed by atoms with Gasteiger partial charge in [0.2, 0.25) is 0 Å². The zero-order chi connectivity index (χ0) is 14.9. The molecule has 3 heteroatoms. The summed E-state index contributed by atoms with van der Waals surface area (Å²) in [6, 6.07) is 1.51. The van der Waals surface area contributed by atoms with Crippen molar-refractivity contribution >= 4 is 0 Å². The topological polar surface area (TPSA) is 33.3 Å². The molecule has 124 valence electrons. The highest BCUT2D eigenvalue weighted by molar-refractivity contribution is 4.90. The molecule has 0 amide bonds. The van der Waals surface area contributed by atoms with Crippen LogP contribution in [0.15, 0.2) is 0 Å². The molecule has 1 saturated carbocycles. The predicted octanol–water partition coefficient (Wildman–Crippen LogP) is 3.34. The summed E-state index contributed by atoms with van der Waals surface area (Å²) in [5, 5.41) is 7.61. The Morgan fingerprint density at radius 2 is 1.90 bits per heavy atom. The molecule has 0 spiro atoms. The van der Waals surface area contributed by atoms with Crippen LogP contribution in [0.1, 0.15) is 65.2 Å². The van der Waals surface area contributed by atoms with Gasteiger partial charge in [0, 0.05) is 25.3 Å². The smallest absolute Gasteiger partial charge is 0.0489 e. The molecule has 1 heterocycles. The van der Waals surface area contributed by atoms with Gasteiger partial charge in [0.1, 0.15) is 0 Å². The zero-order valence-corrected chi connectivity index (χ0v) is 14.2. The van der Waals surface area contributed by atoms with E-state index in [1.54, 1.807) is 0 Å². The Bertz CT molecular complexity index is 264. The molecule has 2 rings (SSSR count).